The third kappa shape index (κ3) is 9.31. The summed E-state index contributed by atoms with van der Waals surface area (Å²) in [5.74, 6) is 1.29. The van der Waals surface area contributed by atoms with Crippen molar-refractivity contribution in [1.82, 2.24) is 0 Å². The van der Waals surface area contributed by atoms with Crippen molar-refractivity contribution in [3.8, 4) is 11.5 Å². The molecule has 0 aromatic heterocycles. The topological polar surface area (TPSA) is 76.7 Å². The summed E-state index contributed by atoms with van der Waals surface area (Å²) >= 11 is 0. The average molecular weight is 539 g/mol. The van der Waals surface area contributed by atoms with E-state index in [0.717, 1.165) is 34.0 Å². The van der Waals surface area contributed by atoms with E-state index >= 15 is 0 Å². The number of ether oxygens (including phenoxy) is 2. The molecule has 0 aliphatic carbocycles. The Bertz CT molecular complexity index is 1320. The fraction of sp³-hybridized carbons (Fsp3) is 0.235. The molecule has 0 radical (unpaired) electrons. The first kappa shape index (κ1) is 30.0. The smallest absolute Gasteiger partial charge is 0.255 e. The molecule has 0 spiro atoms. The molecule has 0 heterocycles. The molecule has 0 atom stereocenters. The largest absolute Gasteiger partial charge is 0.491 e. The number of aryl methyl sites for hydroxylation is 2. The van der Waals surface area contributed by atoms with E-state index in [1.165, 1.54) is 0 Å². The zero-order valence-electron chi connectivity index (χ0n) is 24.0. The van der Waals surface area contributed by atoms with Crippen molar-refractivity contribution >= 4 is 23.2 Å². The van der Waals surface area contributed by atoms with Crippen LogP contribution in [0, 0.1) is 13.8 Å². The second kappa shape index (κ2) is 14.5. The lowest BCUT2D eigenvalue weighted by atomic mass is 10.1. The van der Waals surface area contributed by atoms with Crippen LogP contribution in [0.1, 0.15) is 59.5 Å². The Morgan fingerprint density at radius 3 is 1.27 bits per heavy atom. The molecule has 0 aliphatic rings. The highest BCUT2D eigenvalue weighted by Crippen LogP contribution is 2.21. The van der Waals surface area contributed by atoms with Crippen molar-refractivity contribution in [2.45, 2.75) is 53.8 Å². The van der Waals surface area contributed by atoms with Gasteiger partial charge in [-0.1, -0.05) is 48.5 Å². The van der Waals surface area contributed by atoms with Crippen molar-refractivity contribution in [2.24, 2.45) is 0 Å². The molecular formula is C34H38N2O4. The van der Waals surface area contributed by atoms with Crippen molar-refractivity contribution in [3.63, 3.8) is 0 Å². The summed E-state index contributed by atoms with van der Waals surface area (Å²) < 4.78 is 11.2. The predicted octanol–water partition coefficient (Wildman–Crippen LogP) is 8.07. The third-order valence-corrected chi connectivity index (χ3v) is 5.71. The van der Waals surface area contributed by atoms with E-state index in [-0.39, 0.29) is 24.0 Å². The van der Waals surface area contributed by atoms with Crippen LogP contribution in [0.4, 0.5) is 11.4 Å². The minimum absolute atomic E-state index is 0.107. The van der Waals surface area contributed by atoms with Crippen LogP contribution in [0.25, 0.3) is 0 Å². The van der Waals surface area contributed by atoms with Gasteiger partial charge in [-0.2, -0.15) is 0 Å². The van der Waals surface area contributed by atoms with E-state index in [1.54, 1.807) is 0 Å². The van der Waals surface area contributed by atoms with Crippen molar-refractivity contribution in [1.29, 1.82) is 0 Å². The fourth-order valence-corrected chi connectivity index (χ4v) is 3.89. The molecular weight excluding hydrogens is 500 g/mol. The number of hydrogen-bond donors (Lipinski definition) is 2. The Hall–Kier alpha value is -4.58. The molecule has 4 aromatic rings. The first-order chi connectivity index (χ1) is 19.1. The van der Waals surface area contributed by atoms with Crippen molar-refractivity contribution in [3.05, 3.63) is 119 Å². The number of carbonyl (C=O) groups excluding carboxylic acids is 2. The first-order valence-corrected chi connectivity index (χ1v) is 13.4. The molecule has 2 N–H and O–H groups in total. The second-order valence-corrected chi connectivity index (χ2v) is 9.93. The van der Waals surface area contributed by atoms with E-state index in [0.29, 0.717) is 11.1 Å². The summed E-state index contributed by atoms with van der Waals surface area (Å²) in [5, 5.41) is 5.79. The van der Waals surface area contributed by atoms with Crippen LogP contribution < -0.4 is 20.1 Å². The van der Waals surface area contributed by atoms with Crippen LogP contribution in [0.15, 0.2) is 97.1 Å². The molecule has 0 fully saturated rings. The molecule has 40 heavy (non-hydrogen) atoms. The van der Waals surface area contributed by atoms with Gasteiger partial charge in [-0.05, 0) is 89.1 Å². The molecule has 6 heteroatoms. The van der Waals surface area contributed by atoms with Gasteiger partial charge in [0.15, 0.2) is 0 Å². The van der Waals surface area contributed by atoms with E-state index in [9.17, 15) is 9.59 Å². The van der Waals surface area contributed by atoms with E-state index in [4.69, 9.17) is 9.47 Å². The highest BCUT2D eigenvalue weighted by Gasteiger charge is 2.10. The minimum Gasteiger partial charge on any atom is -0.491 e. The number of amides is 2. The van der Waals surface area contributed by atoms with Crippen LogP contribution in [0.5, 0.6) is 11.5 Å². The third-order valence-electron chi connectivity index (χ3n) is 5.71. The van der Waals surface area contributed by atoms with Crippen molar-refractivity contribution < 1.29 is 19.1 Å². The van der Waals surface area contributed by atoms with Gasteiger partial charge in [-0.15, -0.1) is 0 Å². The summed E-state index contributed by atoms with van der Waals surface area (Å²) in [6.45, 7) is 11.7. The van der Waals surface area contributed by atoms with E-state index in [1.807, 2.05) is 139 Å². The van der Waals surface area contributed by atoms with Gasteiger partial charge in [-0.25, -0.2) is 0 Å². The standard InChI is InChI=1S/2C17H19NO2/c2*1-12(2)20-15-9-6-8-14(11-15)18-17(19)16-10-5-4-7-13(16)3/h2*4-12H,1-3H3,(H,18,19). The number of anilines is 2. The van der Waals surface area contributed by atoms with Crippen molar-refractivity contribution in [2.75, 3.05) is 10.6 Å². The molecule has 0 bridgehead atoms. The molecule has 2 amide bonds. The summed E-state index contributed by atoms with van der Waals surface area (Å²) in [4.78, 5) is 24.4. The average Bonchev–Trinajstić information content (AvgIpc) is 2.89. The molecule has 0 aliphatic heterocycles. The summed E-state index contributed by atoms with van der Waals surface area (Å²) in [5.41, 5.74) is 4.75. The Balaban J connectivity index is 0.000000220. The lowest BCUT2D eigenvalue weighted by Crippen LogP contribution is -2.13. The van der Waals surface area contributed by atoms with Crippen LogP contribution in [0.2, 0.25) is 0 Å². The highest BCUT2D eigenvalue weighted by atomic mass is 16.5. The number of carbonyl (C=O) groups is 2. The van der Waals surface area contributed by atoms with E-state index in [2.05, 4.69) is 10.6 Å². The second-order valence-electron chi connectivity index (χ2n) is 9.93. The lowest BCUT2D eigenvalue weighted by molar-refractivity contribution is 0.101. The summed E-state index contributed by atoms with van der Waals surface area (Å²) in [7, 11) is 0. The van der Waals surface area contributed by atoms with Gasteiger partial charge >= 0.3 is 0 Å². The van der Waals surface area contributed by atoms with Gasteiger partial charge in [0.05, 0.1) is 12.2 Å². The Kier molecular flexibility index (Phi) is 10.9. The Morgan fingerprint density at radius 1 is 0.550 bits per heavy atom. The fourth-order valence-electron chi connectivity index (χ4n) is 3.89. The van der Waals surface area contributed by atoms with Crippen LogP contribution in [-0.2, 0) is 0 Å². The molecule has 208 valence electrons. The summed E-state index contributed by atoms with van der Waals surface area (Å²) in [6.07, 6.45) is 0.217. The van der Waals surface area contributed by atoms with Gasteiger partial charge < -0.3 is 20.1 Å². The molecule has 0 saturated heterocycles. The van der Waals surface area contributed by atoms with Crippen LogP contribution in [-0.4, -0.2) is 24.0 Å². The quantitative estimate of drug-likeness (QED) is 0.238. The lowest BCUT2D eigenvalue weighted by Gasteiger charge is -2.12. The Morgan fingerprint density at radius 2 is 0.925 bits per heavy atom. The Labute approximate surface area is 237 Å². The van der Waals surface area contributed by atoms with Crippen LogP contribution in [0.3, 0.4) is 0 Å². The molecule has 0 unspecified atom stereocenters. The number of nitrogens with one attached hydrogen (secondary N) is 2. The van der Waals surface area contributed by atoms with Gasteiger partial charge in [-0.3, -0.25) is 9.59 Å². The van der Waals surface area contributed by atoms with Gasteiger partial charge in [0, 0.05) is 34.6 Å². The zero-order chi connectivity index (χ0) is 29.1. The normalized spacial score (nSPS) is 10.4. The van der Waals surface area contributed by atoms with Gasteiger partial charge in [0.25, 0.3) is 11.8 Å². The zero-order valence-corrected chi connectivity index (χ0v) is 24.0. The maximum absolute atomic E-state index is 12.2. The maximum atomic E-state index is 12.2. The minimum atomic E-state index is -0.107. The highest BCUT2D eigenvalue weighted by molar-refractivity contribution is 6.06. The first-order valence-electron chi connectivity index (χ1n) is 13.4. The monoisotopic (exact) mass is 538 g/mol. The molecule has 4 aromatic carbocycles. The van der Waals surface area contributed by atoms with Gasteiger partial charge in [0.2, 0.25) is 0 Å². The van der Waals surface area contributed by atoms with Gasteiger partial charge in [0.1, 0.15) is 11.5 Å². The van der Waals surface area contributed by atoms with Crippen LogP contribution >= 0.6 is 0 Å². The molecule has 6 nitrogen and oxygen atoms in total. The summed E-state index contributed by atoms with van der Waals surface area (Å²) in [6, 6.07) is 29.9. The number of rotatable bonds is 8. The SMILES string of the molecule is Cc1ccccc1C(=O)Nc1cccc(OC(C)C)c1.Cc1ccccc1C(=O)Nc1cccc(OC(C)C)c1. The molecule has 0 saturated carbocycles. The number of benzene rings is 4. The number of hydrogen-bond acceptors (Lipinski definition) is 4. The van der Waals surface area contributed by atoms with E-state index < -0.39 is 0 Å². The molecule has 4 rings (SSSR count). The maximum Gasteiger partial charge on any atom is 0.255 e. The predicted molar refractivity (Wildman–Crippen MR) is 163 cm³/mol.